The maximum Gasteiger partial charge on any atom is 0.258 e. The van der Waals surface area contributed by atoms with Crippen molar-refractivity contribution in [1.82, 2.24) is 15.0 Å². The van der Waals surface area contributed by atoms with Crippen LogP contribution in [0.2, 0.25) is 0 Å². The highest BCUT2D eigenvalue weighted by Crippen LogP contribution is 2.30. The summed E-state index contributed by atoms with van der Waals surface area (Å²) >= 11 is 0. The lowest BCUT2D eigenvalue weighted by Crippen LogP contribution is -2.35. The van der Waals surface area contributed by atoms with Crippen molar-refractivity contribution in [2.24, 2.45) is 0 Å². The third-order valence-electron chi connectivity index (χ3n) is 5.86. The Balaban J connectivity index is 1.48. The molecule has 8 nitrogen and oxygen atoms in total. The van der Waals surface area contributed by atoms with Crippen molar-refractivity contribution >= 4 is 5.69 Å². The average Bonchev–Trinajstić information content (AvgIpc) is 3.27. The van der Waals surface area contributed by atoms with Crippen molar-refractivity contribution in [3.8, 4) is 28.6 Å². The molecule has 10 heteroatoms. The van der Waals surface area contributed by atoms with Crippen LogP contribution in [0.25, 0.3) is 22.8 Å². The summed E-state index contributed by atoms with van der Waals surface area (Å²) in [5.74, 6) is 0.887. The Kier molecular flexibility index (Phi) is 7.71. The molecule has 0 fully saturated rings. The van der Waals surface area contributed by atoms with E-state index >= 15 is 0 Å². The highest BCUT2D eigenvalue weighted by Gasteiger charge is 2.19. The lowest BCUT2D eigenvalue weighted by Gasteiger charge is -2.21. The summed E-state index contributed by atoms with van der Waals surface area (Å²) in [6.07, 6.45) is -0.269. The number of anilines is 1. The van der Waals surface area contributed by atoms with Gasteiger partial charge in [0.25, 0.3) is 5.89 Å². The van der Waals surface area contributed by atoms with Crippen LogP contribution >= 0.6 is 0 Å². The summed E-state index contributed by atoms with van der Waals surface area (Å²) in [4.78, 5) is 6.63. The molecular weight excluding hydrogens is 446 g/mol. The molecule has 0 amide bonds. The van der Waals surface area contributed by atoms with Crippen molar-refractivity contribution in [3.05, 3.63) is 47.5 Å². The fourth-order valence-corrected chi connectivity index (χ4v) is 3.98. The molecule has 1 unspecified atom stereocenters. The maximum atomic E-state index is 12.7. The van der Waals surface area contributed by atoms with E-state index < -0.39 is 25.6 Å². The van der Waals surface area contributed by atoms with Gasteiger partial charge in [0.15, 0.2) is 6.10 Å². The van der Waals surface area contributed by atoms with Crippen LogP contribution in [0.3, 0.4) is 0 Å². The second-order valence-electron chi connectivity index (χ2n) is 8.34. The Morgan fingerprint density at radius 1 is 1.06 bits per heavy atom. The van der Waals surface area contributed by atoms with E-state index in [0.717, 1.165) is 31.5 Å². The summed E-state index contributed by atoms with van der Waals surface area (Å²) in [7, 11) is 0. The molecule has 1 aliphatic heterocycles. The molecule has 3 aromatic rings. The molecule has 0 aliphatic carbocycles. The molecule has 1 aliphatic rings. The van der Waals surface area contributed by atoms with E-state index in [1.165, 1.54) is 17.2 Å². The molecule has 2 heterocycles. The molecule has 1 atom stereocenters. The largest absolute Gasteiger partial charge is 0.483 e. The number of nitrogens with zero attached hydrogens (tertiary/aromatic N) is 3. The molecule has 34 heavy (non-hydrogen) atoms. The van der Waals surface area contributed by atoms with Gasteiger partial charge in [-0.05, 0) is 48.2 Å². The van der Waals surface area contributed by atoms with Gasteiger partial charge >= 0.3 is 0 Å². The summed E-state index contributed by atoms with van der Waals surface area (Å²) in [6.45, 7) is -0.105. The molecule has 0 spiro atoms. The summed E-state index contributed by atoms with van der Waals surface area (Å²) < 4.78 is 36.1. The number of halogens is 2. The van der Waals surface area contributed by atoms with Gasteiger partial charge in [-0.1, -0.05) is 17.3 Å². The number of hydrogen-bond donors (Lipinski definition) is 3. The third kappa shape index (κ3) is 5.52. The number of alkyl halides is 2. The van der Waals surface area contributed by atoms with Gasteiger partial charge in [-0.25, -0.2) is 8.78 Å². The van der Waals surface area contributed by atoms with E-state index in [2.05, 4.69) is 27.2 Å². The molecule has 0 radical (unpaired) electrons. The van der Waals surface area contributed by atoms with Gasteiger partial charge in [-0.3, -0.25) is 0 Å². The number of nitrogen functional groups attached to an aromatic ring is 1. The molecule has 0 saturated heterocycles. The van der Waals surface area contributed by atoms with E-state index in [1.807, 2.05) is 6.07 Å². The lowest BCUT2D eigenvalue weighted by atomic mass is 10.00. The fraction of sp³-hybridized carbons (Fsp3) is 0.417. The van der Waals surface area contributed by atoms with Crippen LogP contribution in [0.1, 0.15) is 11.1 Å². The topological polar surface area (TPSA) is 118 Å². The first-order valence-electron chi connectivity index (χ1n) is 11.2. The summed E-state index contributed by atoms with van der Waals surface area (Å²) in [5.41, 5.74) is 10.00. The molecular formula is C24H28F2N4O4. The third-order valence-corrected chi connectivity index (χ3v) is 5.86. The highest BCUT2D eigenvalue weighted by molar-refractivity contribution is 5.67. The zero-order chi connectivity index (χ0) is 24.1. The first-order chi connectivity index (χ1) is 16.5. The predicted molar refractivity (Wildman–Crippen MR) is 123 cm³/mol. The minimum atomic E-state index is -1.19. The molecule has 4 rings (SSSR count). The van der Waals surface area contributed by atoms with Gasteiger partial charge in [-0.15, -0.1) is 0 Å². The lowest BCUT2D eigenvalue weighted by molar-refractivity contribution is 0.0605. The Labute approximate surface area is 196 Å². The van der Waals surface area contributed by atoms with Gasteiger partial charge in [0.05, 0.1) is 18.4 Å². The number of rotatable bonds is 9. The van der Waals surface area contributed by atoms with Crippen molar-refractivity contribution in [1.29, 1.82) is 0 Å². The molecule has 0 saturated carbocycles. The van der Waals surface area contributed by atoms with E-state index in [1.54, 1.807) is 12.1 Å². The summed E-state index contributed by atoms with van der Waals surface area (Å²) in [6, 6.07) is 10.8. The number of β-amino-alcohol motifs (C(OH)–C–C–N with tert-alkyl or cyclic N) is 1. The minimum absolute atomic E-state index is 0.190. The molecule has 4 N–H and O–H groups in total. The predicted octanol–water partition coefficient (Wildman–Crippen LogP) is 2.43. The molecule has 0 bridgehead atoms. The second kappa shape index (κ2) is 10.9. The Morgan fingerprint density at radius 3 is 2.50 bits per heavy atom. The smallest absolute Gasteiger partial charge is 0.258 e. The van der Waals surface area contributed by atoms with Crippen LogP contribution < -0.4 is 10.5 Å². The Hall–Kier alpha value is -3.08. The quantitative estimate of drug-likeness (QED) is 0.405. The first kappa shape index (κ1) is 24.1. The van der Waals surface area contributed by atoms with Crippen LogP contribution in [0.4, 0.5) is 14.5 Å². The van der Waals surface area contributed by atoms with Gasteiger partial charge < -0.3 is 30.1 Å². The minimum Gasteiger partial charge on any atom is -0.483 e. The molecule has 182 valence electrons. The zero-order valence-electron chi connectivity index (χ0n) is 18.7. The first-order valence-corrected chi connectivity index (χ1v) is 11.2. The average molecular weight is 475 g/mol. The number of aliphatic hydroxyl groups excluding tert-OH is 2. The highest BCUT2D eigenvalue weighted by atomic mass is 19.1. The molecule has 2 aromatic carbocycles. The van der Waals surface area contributed by atoms with Gasteiger partial charge in [0.1, 0.15) is 19.1 Å². The SMILES string of the molecule is Nc1cc(-c2nc(-c3ccc4c(c3)CCN(CC(O)CO)CC4)no2)ccc1OC(CF)CF. The van der Waals surface area contributed by atoms with Crippen LogP contribution in [0.15, 0.2) is 40.9 Å². The maximum absolute atomic E-state index is 12.7. The van der Waals surface area contributed by atoms with E-state index in [9.17, 15) is 13.9 Å². The van der Waals surface area contributed by atoms with Crippen molar-refractivity contribution in [3.63, 3.8) is 0 Å². The normalized spacial score (nSPS) is 15.2. The van der Waals surface area contributed by atoms with Crippen LogP contribution in [0, 0.1) is 0 Å². The molecule has 1 aromatic heterocycles. The number of fused-ring (bicyclic) bond motifs is 1. The number of benzene rings is 2. The number of aromatic nitrogens is 2. The monoisotopic (exact) mass is 474 g/mol. The Bertz CT molecular complexity index is 1110. The van der Waals surface area contributed by atoms with Gasteiger partial charge in [0, 0.05) is 30.8 Å². The second-order valence-corrected chi connectivity index (χ2v) is 8.34. The van der Waals surface area contributed by atoms with Crippen molar-refractivity contribution in [2.45, 2.75) is 25.0 Å². The van der Waals surface area contributed by atoms with Crippen LogP contribution in [0.5, 0.6) is 5.75 Å². The van der Waals surface area contributed by atoms with Crippen LogP contribution in [-0.4, -0.2) is 77.1 Å². The number of ether oxygens (including phenoxy) is 1. The van der Waals surface area contributed by atoms with Crippen molar-refractivity contribution < 1.29 is 28.3 Å². The van der Waals surface area contributed by atoms with Gasteiger partial charge in [-0.2, -0.15) is 4.98 Å². The van der Waals surface area contributed by atoms with Crippen molar-refractivity contribution in [2.75, 3.05) is 45.3 Å². The van der Waals surface area contributed by atoms with E-state index in [0.29, 0.717) is 17.9 Å². The number of hydrogen-bond acceptors (Lipinski definition) is 8. The van der Waals surface area contributed by atoms with Crippen LogP contribution in [-0.2, 0) is 12.8 Å². The standard InChI is InChI=1S/C24H28F2N4O4/c25-11-20(12-26)33-22-4-3-18(10-21(22)27)24-28-23(29-34-24)17-2-1-15-5-7-30(13-19(32)14-31)8-6-16(15)9-17/h1-4,9-10,19-20,31-32H,5-8,11-14,27H2. The Morgan fingerprint density at radius 2 is 1.79 bits per heavy atom. The fourth-order valence-electron chi connectivity index (χ4n) is 3.98. The number of aliphatic hydroxyl groups is 2. The zero-order valence-corrected chi connectivity index (χ0v) is 18.7. The van der Waals surface area contributed by atoms with E-state index in [4.69, 9.17) is 20.1 Å². The van der Waals surface area contributed by atoms with E-state index in [-0.39, 0.29) is 23.9 Å². The number of nitrogens with two attached hydrogens (primary N) is 1. The summed E-state index contributed by atoms with van der Waals surface area (Å²) in [5, 5.41) is 22.9. The van der Waals surface area contributed by atoms with Gasteiger partial charge in [0.2, 0.25) is 5.82 Å².